The van der Waals surface area contributed by atoms with E-state index in [2.05, 4.69) is 26.5 Å². The van der Waals surface area contributed by atoms with E-state index in [-0.39, 0.29) is 11.9 Å². The van der Waals surface area contributed by atoms with Crippen LogP contribution >= 0.6 is 15.9 Å². The van der Waals surface area contributed by atoms with Gasteiger partial charge in [0.15, 0.2) is 5.75 Å². The topological polar surface area (TPSA) is 65.1 Å². The van der Waals surface area contributed by atoms with Crippen molar-refractivity contribution in [2.75, 3.05) is 7.11 Å². The van der Waals surface area contributed by atoms with E-state index in [9.17, 15) is 4.39 Å². The summed E-state index contributed by atoms with van der Waals surface area (Å²) in [4.78, 5) is 0. The summed E-state index contributed by atoms with van der Waals surface area (Å²) in [6.07, 6.45) is 1.61. The highest BCUT2D eigenvalue weighted by Crippen LogP contribution is 2.30. The maximum Gasteiger partial charge on any atom is 0.161 e. The van der Waals surface area contributed by atoms with E-state index < -0.39 is 0 Å². The summed E-state index contributed by atoms with van der Waals surface area (Å²) in [7, 11) is 3.36. The van der Waals surface area contributed by atoms with Crippen molar-refractivity contribution in [3.05, 3.63) is 45.9 Å². The van der Waals surface area contributed by atoms with Crippen LogP contribution in [0.1, 0.15) is 17.3 Å². The van der Waals surface area contributed by atoms with Gasteiger partial charge in [-0.15, -0.1) is 0 Å². The van der Waals surface area contributed by atoms with Crippen molar-refractivity contribution in [1.82, 2.24) is 15.2 Å². The Morgan fingerprint density at radius 1 is 1.53 bits per heavy atom. The average Bonchev–Trinajstić information content (AvgIpc) is 2.76. The van der Waals surface area contributed by atoms with E-state index in [4.69, 9.17) is 10.6 Å². The first-order valence-corrected chi connectivity index (χ1v) is 6.34. The van der Waals surface area contributed by atoms with Crippen LogP contribution in [0.4, 0.5) is 4.39 Å². The van der Waals surface area contributed by atoms with Gasteiger partial charge in [0.2, 0.25) is 0 Å². The first-order chi connectivity index (χ1) is 9.08. The van der Waals surface area contributed by atoms with Crippen LogP contribution in [0.3, 0.4) is 0 Å². The van der Waals surface area contributed by atoms with Crippen molar-refractivity contribution >= 4 is 15.9 Å². The Morgan fingerprint density at radius 2 is 2.26 bits per heavy atom. The Labute approximate surface area is 118 Å². The van der Waals surface area contributed by atoms with Crippen LogP contribution in [0.15, 0.2) is 28.9 Å². The number of hydrogen-bond donors (Lipinski definition) is 2. The molecule has 1 unspecified atom stereocenters. The molecule has 0 radical (unpaired) electrons. The fourth-order valence-electron chi connectivity index (χ4n) is 1.94. The van der Waals surface area contributed by atoms with E-state index in [0.717, 1.165) is 11.3 Å². The monoisotopic (exact) mass is 328 g/mol. The lowest BCUT2D eigenvalue weighted by Crippen LogP contribution is -2.30. The van der Waals surface area contributed by atoms with Crippen LogP contribution < -0.4 is 16.0 Å². The number of halogens is 2. The molecule has 1 atom stereocenters. The molecule has 7 heteroatoms. The summed E-state index contributed by atoms with van der Waals surface area (Å²) in [6, 6.07) is 4.37. The largest absolute Gasteiger partial charge is 0.493 e. The van der Waals surface area contributed by atoms with Crippen LogP contribution in [0.25, 0.3) is 0 Å². The first-order valence-electron chi connectivity index (χ1n) is 5.55. The van der Waals surface area contributed by atoms with Gasteiger partial charge in [-0.25, -0.2) is 9.82 Å². The van der Waals surface area contributed by atoms with Crippen molar-refractivity contribution in [1.29, 1.82) is 0 Å². The number of ether oxygens (including phenoxy) is 1. The number of benzene rings is 1. The normalized spacial score (nSPS) is 12.5. The maximum atomic E-state index is 13.3. The SMILES string of the molecule is COc1cnn(C)c1C(NN)c1ccc(F)c(Br)c1. The van der Waals surface area contributed by atoms with Gasteiger partial charge in [-0.05, 0) is 33.6 Å². The van der Waals surface area contributed by atoms with Gasteiger partial charge in [-0.3, -0.25) is 10.5 Å². The lowest BCUT2D eigenvalue weighted by atomic mass is 10.0. The van der Waals surface area contributed by atoms with Gasteiger partial charge in [-0.2, -0.15) is 5.10 Å². The maximum absolute atomic E-state index is 13.3. The number of nitrogens with two attached hydrogens (primary N) is 1. The third-order valence-electron chi connectivity index (χ3n) is 2.89. The number of rotatable bonds is 4. The zero-order chi connectivity index (χ0) is 14.0. The molecule has 0 saturated carbocycles. The molecule has 0 aliphatic heterocycles. The number of hydrazine groups is 1. The zero-order valence-electron chi connectivity index (χ0n) is 10.5. The van der Waals surface area contributed by atoms with Crippen LogP contribution in [-0.2, 0) is 7.05 Å². The molecule has 3 N–H and O–H groups in total. The van der Waals surface area contributed by atoms with Crippen LogP contribution in [0.2, 0.25) is 0 Å². The van der Waals surface area contributed by atoms with Crippen LogP contribution in [0, 0.1) is 5.82 Å². The summed E-state index contributed by atoms with van der Waals surface area (Å²) in [6.45, 7) is 0. The predicted molar refractivity (Wildman–Crippen MR) is 73.0 cm³/mol. The Kier molecular flexibility index (Phi) is 4.18. The average molecular weight is 329 g/mol. The molecule has 1 aromatic carbocycles. The summed E-state index contributed by atoms with van der Waals surface area (Å²) < 4.78 is 20.6. The van der Waals surface area contributed by atoms with Gasteiger partial charge in [0.1, 0.15) is 11.5 Å². The molecule has 19 heavy (non-hydrogen) atoms. The second-order valence-corrected chi connectivity index (χ2v) is 4.85. The van der Waals surface area contributed by atoms with Crippen molar-refractivity contribution < 1.29 is 9.13 Å². The number of nitrogens with zero attached hydrogens (tertiary/aromatic N) is 2. The minimum Gasteiger partial charge on any atom is -0.493 e. The van der Waals surface area contributed by atoms with Crippen LogP contribution in [-0.4, -0.2) is 16.9 Å². The third-order valence-corrected chi connectivity index (χ3v) is 3.49. The van der Waals surface area contributed by atoms with Gasteiger partial charge < -0.3 is 4.74 Å². The van der Waals surface area contributed by atoms with Crippen molar-refractivity contribution in [2.45, 2.75) is 6.04 Å². The van der Waals surface area contributed by atoms with Crippen LogP contribution in [0.5, 0.6) is 5.75 Å². The predicted octanol–water partition coefficient (Wildman–Crippen LogP) is 1.88. The number of aryl methyl sites for hydroxylation is 1. The Balaban J connectivity index is 2.49. The molecule has 0 amide bonds. The van der Waals surface area contributed by atoms with E-state index in [1.54, 1.807) is 37.2 Å². The lowest BCUT2D eigenvalue weighted by Gasteiger charge is -2.18. The second-order valence-electron chi connectivity index (χ2n) is 4.00. The highest BCUT2D eigenvalue weighted by molar-refractivity contribution is 9.10. The first kappa shape index (κ1) is 14.0. The summed E-state index contributed by atoms with van der Waals surface area (Å²) in [5.41, 5.74) is 4.27. The van der Waals surface area contributed by atoms with Gasteiger partial charge in [0.25, 0.3) is 0 Å². The fraction of sp³-hybridized carbons (Fsp3) is 0.250. The zero-order valence-corrected chi connectivity index (χ0v) is 12.1. The number of methoxy groups -OCH3 is 1. The molecular formula is C12H14BrFN4O. The van der Waals surface area contributed by atoms with E-state index in [0.29, 0.717) is 10.2 Å². The van der Waals surface area contributed by atoms with E-state index in [1.807, 2.05) is 0 Å². The molecule has 0 aliphatic rings. The second kappa shape index (κ2) is 5.68. The molecule has 2 rings (SSSR count). The molecule has 2 aromatic rings. The van der Waals surface area contributed by atoms with Crippen molar-refractivity contribution in [3.8, 4) is 5.75 Å². The summed E-state index contributed by atoms with van der Waals surface area (Å²) >= 11 is 3.16. The Bertz CT molecular complexity index is 587. The third kappa shape index (κ3) is 2.63. The highest BCUT2D eigenvalue weighted by Gasteiger charge is 2.22. The standard InChI is InChI=1S/C12H14BrFN4O/c1-18-12(10(19-2)6-16-18)11(17-15)7-3-4-9(14)8(13)5-7/h3-6,11,17H,15H2,1-2H3. The smallest absolute Gasteiger partial charge is 0.161 e. The molecule has 0 spiro atoms. The molecule has 0 aliphatic carbocycles. The van der Waals surface area contributed by atoms with E-state index >= 15 is 0 Å². The highest BCUT2D eigenvalue weighted by atomic mass is 79.9. The number of aromatic nitrogens is 2. The molecule has 1 heterocycles. The van der Waals surface area contributed by atoms with E-state index in [1.165, 1.54) is 6.07 Å². The molecule has 0 saturated heterocycles. The molecule has 1 aromatic heterocycles. The lowest BCUT2D eigenvalue weighted by molar-refractivity contribution is 0.401. The molecule has 102 valence electrons. The molecule has 0 bridgehead atoms. The summed E-state index contributed by atoms with van der Waals surface area (Å²) in [5, 5.41) is 4.13. The van der Waals surface area contributed by atoms with Gasteiger partial charge in [0, 0.05) is 7.05 Å². The summed E-state index contributed by atoms with van der Waals surface area (Å²) in [5.74, 6) is 5.91. The fourth-order valence-corrected chi connectivity index (χ4v) is 2.33. The van der Waals surface area contributed by atoms with Gasteiger partial charge >= 0.3 is 0 Å². The quantitative estimate of drug-likeness (QED) is 0.664. The van der Waals surface area contributed by atoms with Gasteiger partial charge in [-0.1, -0.05) is 6.07 Å². The molecule has 5 nitrogen and oxygen atoms in total. The molecular weight excluding hydrogens is 315 g/mol. The van der Waals surface area contributed by atoms with Crippen molar-refractivity contribution in [3.63, 3.8) is 0 Å². The number of hydrogen-bond acceptors (Lipinski definition) is 4. The number of nitrogens with one attached hydrogen (secondary N) is 1. The molecule has 0 fully saturated rings. The Hall–Kier alpha value is -1.44. The van der Waals surface area contributed by atoms with Crippen molar-refractivity contribution in [2.24, 2.45) is 12.9 Å². The van der Waals surface area contributed by atoms with Gasteiger partial charge in [0.05, 0.1) is 23.8 Å². The minimum absolute atomic E-state index is 0.323. The Morgan fingerprint density at radius 3 is 2.84 bits per heavy atom. The minimum atomic E-state index is -0.348.